The van der Waals surface area contributed by atoms with Gasteiger partial charge < -0.3 is 11.1 Å². The largest absolute Gasteiger partial charge is 0.370 e. The summed E-state index contributed by atoms with van der Waals surface area (Å²) in [7, 11) is 0. The molecule has 1 heterocycles. The molecule has 0 bridgehead atoms. The molecule has 64 valence electrons. The fourth-order valence-corrected chi connectivity index (χ4v) is 1.22. The van der Waals surface area contributed by atoms with E-state index in [4.69, 9.17) is 5.73 Å². The van der Waals surface area contributed by atoms with Crippen LogP contribution in [0.1, 0.15) is 12.8 Å². The van der Waals surface area contributed by atoms with Gasteiger partial charge in [-0.05, 0) is 12.8 Å². The number of aromatic nitrogens is 2. The molecule has 0 amide bonds. The molecule has 0 spiro atoms. The third kappa shape index (κ3) is 1.91. The molecule has 12 heavy (non-hydrogen) atoms. The molecule has 0 aliphatic heterocycles. The maximum atomic E-state index is 5.58. The van der Waals surface area contributed by atoms with Gasteiger partial charge in [0.2, 0.25) is 5.13 Å². The van der Waals surface area contributed by atoms with Crippen LogP contribution in [0, 0.1) is 0 Å². The minimum atomic E-state index is 0.436. The van der Waals surface area contributed by atoms with Crippen LogP contribution in [0.25, 0.3) is 0 Å². The van der Waals surface area contributed by atoms with Gasteiger partial charge in [0.05, 0.1) is 6.04 Å². The lowest BCUT2D eigenvalue weighted by Gasteiger charge is -1.98. The van der Waals surface area contributed by atoms with Crippen molar-refractivity contribution >= 4 is 22.4 Å². The average Bonchev–Trinajstić information content (AvgIpc) is 2.66. The fourth-order valence-electron chi connectivity index (χ4n) is 0.770. The first-order chi connectivity index (χ1) is 5.84. The predicted molar refractivity (Wildman–Crippen MR) is 48.2 cm³/mol. The Morgan fingerprint density at radius 2 is 2.58 bits per heavy atom. The van der Waals surface area contributed by atoms with Crippen LogP contribution in [0.3, 0.4) is 0 Å². The molecular weight excluding hydrogens is 174 g/mol. The minimum absolute atomic E-state index is 0.436. The lowest BCUT2D eigenvalue weighted by Crippen LogP contribution is -2.22. The third-order valence-corrected chi connectivity index (χ3v) is 2.07. The van der Waals surface area contributed by atoms with Crippen molar-refractivity contribution in [1.82, 2.24) is 10.2 Å². The van der Waals surface area contributed by atoms with Gasteiger partial charge in [0.25, 0.3) is 0 Å². The van der Waals surface area contributed by atoms with E-state index in [0.29, 0.717) is 17.1 Å². The Kier molecular flexibility index (Phi) is 1.91. The van der Waals surface area contributed by atoms with Crippen molar-refractivity contribution in [3.8, 4) is 0 Å². The van der Waals surface area contributed by atoms with Crippen LogP contribution in [0.2, 0.25) is 0 Å². The molecule has 1 aromatic heterocycles. The molecule has 6 heteroatoms. The Morgan fingerprint density at radius 3 is 3.17 bits per heavy atom. The van der Waals surface area contributed by atoms with Gasteiger partial charge >= 0.3 is 0 Å². The number of nitrogens with one attached hydrogen (secondary N) is 1. The minimum Gasteiger partial charge on any atom is -0.370 e. The lowest BCUT2D eigenvalue weighted by atomic mass is 10.7. The number of hydrogen-bond donors (Lipinski definition) is 2. The van der Waals surface area contributed by atoms with E-state index in [2.05, 4.69) is 20.5 Å². The zero-order valence-corrected chi connectivity index (χ0v) is 7.21. The zero-order chi connectivity index (χ0) is 8.39. The molecule has 5 nitrogen and oxygen atoms in total. The molecule has 2 rings (SSSR count). The number of guanidine groups is 1. The van der Waals surface area contributed by atoms with Gasteiger partial charge in [-0.25, -0.2) is 4.99 Å². The predicted octanol–water partition coefficient (Wildman–Crippen LogP) is 0.427. The summed E-state index contributed by atoms with van der Waals surface area (Å²) in [5.74, 6) is 0.439. The van der Waals surface area contributed by atoms with E-state index in [9.17, 15) is 0 Å². The number of anilines is 1. The highest BCUT2D eigenvalue weighted by Crippen LogP contribution is 2.23. The van der Waals surface area contributed by atoms with Crippen molar-refractivity contribution in [2.75, 3.05) is 5.32 Å². The molecule has 0 radical (unpaired) electrons. The first kappa shape index (κ1) is 7.48. The summed E-state index contributed by atoms with van der Waals surface area (Å²) in [4.78, 5) is 4.19. The summed E-state index contributed by atoms with van der Waals surface area (Å²) < 4.78 is 0. The van der Waals surface area contributed by atoms with E-state index in [0.717, 1.165) is 12.8 Å². The van der Waals surface area contributed by atoms with Crippen molar-refractivity contribution in [3.63, 3.8) is 0 Å². The molecule has 0 saturated heterocycles. The molecular formula is C6H9N5S. The first-order valence-corrected chi connectivity index (χ1v) is 4.59. The van der Waals surface area contributed by atoms with Crippen LogP contribution >= 0.6 is 11.3 Å². The second kappa shape index (κ2) is 3.06. The Morgan fingerprint density at radius 1 is 1.75 bits per heavy atom. The SMILES string of the molecule is NC(=NC1CC1)Nc1nncs1. The maximum absolute atomic E-state index is 5.58. The van der Waals surface area contributed by atoms with Crippen molar-refractivity contribution in [2.24, 2.45) is 10.7 Å². The van der Waals surface area contributed by atoms with Crippen LogP contribution in [-0.4, -0.2) is 22.2 Å². The number of nitrogens with zero attached hydrogens (tertiary/aromatic N) is 3. The summed E-state index contributed by atoms with van der Waals surface area (Å²) in [5.41, 5.74) is 7.23. The van der Waals surface area contributed by atoms with E-state index >= 15 is 0 Å². The maximum Gasteiger partial charge on any atom is 0.212 e. The van der Waals surface area contributed by atoms with Crippen LogP contribution in [-0.2, 0) is 0 Å². The van der Waals surface area contributed by atoms with Gasteiger partial charge in [0.1, 0.15) is 5.51 Å². The van der Waals surface area contributed by atoms with E-state index in [-0.39, 0.29) is 0 Å². The molecule has 0 atom stereocenters. The van der Waals surface area contributed by atoms with Crippen LogP contribution < -0.4 is 11.1 Å². The number of nitrogens with two attached hydrogens (primary N) is 1. The Labute approximate surface area is 73.7 Å². The van der Waals surface area contributed by atoms with Crippen molar-refractivity contribution in [1.29, 1.82) is 0 Å². The van der Waals surface area contributed by atoms with Crippen molar-refractivity contribution in [3.05, 3.63) is 5.51 Å². The second-order valence-electron chi connectivity index (χ2n) is 2.61. The lowest BCUT2D eigenvalue weighted by molar-refractivity contribution is 1.05. The summed E-state index contributed by atoms with van der Waals surface area (Å²) in [5, 5.41) is 11.0. The summed E-state index contributed by atoms with van der Waals surface area (Å²) in [6.07, 6.45) is 2.30. The monoisotopic (exact) mass is 183 g/mol. The molecule has 0 unspecified atom stereocenters. The molecule has 1 aliphatic rings. The van der Waals surface area contributed by atoms with Crippen molar-refractivity contribution < 1.29 is 0 Å². The van der Waals surface area contributed by atoms with Gasteiger partial charge in [-0.15, -0.1) is 10.2 Å². The Hall–Kier alpha value is -1.17. The molecule has 1 fully saturated rings. The molecule has 1 saturated carbocycles. The second-order valence-corrected chi connectivity index (χ2v) is 3.45. The van der Waals surface area contributed by atoms with Crippen LogP contribution in [0.15, 0.2) is 10.5 Å². The Bertz CT molecular complexity index is 276. The summed E-state index contributed by atoms with van der Waals surface area (Å²) >= 11 is 1.40. The van der Waals surface area contributed by atoms with Gasteiger partial charge in [0.15, 0.2) is 5.96 Å². The quantitative estimate of drug-likeness (QED) is 0.515. The highest BCUT2D eigenvalue weighted by atomic mass is 32.1. The van der Waals surface area contributed by atoms with Gasteiger partial charge in [-0.2, -0.15) is 0 Å². The smallest absolute Gasteiger partial charge is 0.212 e. The molecule has 1 aliphatic carbocycles. The van der Waals surface area contributed by atoms with Crippen LogP contribution in [0.4, 0.5) is 5.13 Å². The first-order valence-electron chi connectivity index (χ1n) is 3.71. The molecule has 0 aromatic carbocycles. The number of rotatable bonds is 2. The van der Waals surface area contributed by atoms with Crippen LogP contribution in [0.5, 0.6) is 0 Å². The van der Waals surface area contributed by atoms with E-state index < -0.39 is 0 Å². The fraction of sp³-hybridized carbons (Fsp3) is 0.500. The third-order valence-electron chi connectivity index (χ3n) is 1.46. The van der Waals surface area contributed by atoms with Gasteiger partial charge in [0, 0.05) is 0 Å². The summed E-state index contributed by atoms with van der Waals surface area (Å²) in [6, 6.07) is 0.436. The normalized spacial score (nSPS) is 17.8. The zero-order valence-electron chi connectivity index (χ0n) is 6.40. The van der Waals surface area contributed by atoms with Gasteiger partial charge in [-0.3, -0.25) is 0 Å². The molecule has 3 N–H and O–H groups in total. The standard InChI is InChI=1S/C6H9N5S/c7-5(9-4-1-2-4)10-6-11-8-3-12-6/h3-4H,1-2H2,(H3,7,9,10,11). The molecule has 1 aromatic rings. The summed E-state index contributed by atoms with van der Waals surface area (Å²) in [6.45, 7) is 0. The Balaban J connectivity index is 1.93. The highest BCUT2D eigenvalue weighted by molar-refractivity contribution is 7.13. The highest BCUT2D eigenvalue weighted by Gasteiger charge is 2.20. The van der Waals surface area contributed by atoms with Crippen molar-refractivity contribution in [2.45, 2.75) is 18.9 Å². The van der Waals surface area contributed by atoms with E-state index in [1.165, 1.54) is 11.3 Å². The van der Waals surface area contributed by atoms with Gasteiger partial charge in [-0.1, -0.05) is 11.3 Å². The number of aliphatic imine (C=N–C) groups is 1. The average molecular weight is 183 g/mol. The number of hydrogen-bond acceptors (Lipinski definition) is 4. The topological polar surface area (TPSA) is 76.2 Å². The van der Waals surface area contributed by atoms with E-state index in [1.54, 1.807) is 5.51 Å². The van der Waals surface area contributed by atoms with E-state index in [1.807, 2.05) is 0 Å².